The molecule has 13 nitrogen and oxygen atoms in total. The lowest BCUT2D eigenvalue weighted by atomic mass is 9.98. The smallest absolute Gasteiger partial charge is 0.326 e. The molecule has 0 saturated carbocycles. The molecule has 0 aliphatic carbocycles. The fraction of sp³-hybridized carbons (Fsp3) is 0.519. The number of nitrogens with one attached hydrogen (secondary N) is 4. The van der Waals surface area contributed by atoms with Crippen molar-refractivity contribution >= 4 is 23.7 Å². The van der Waals surface area contributed by atoms with E-state index in [1.807, 2.05) is 6.92 Å². The minimum absolute atomic E-state index is 0.0221. The summed E-state index contributed by atoms with van der Waals surface area (Å²) in [6.45, 7) is 3.93. The van der Waals surface area contributed by atoms with Gasteiger partial charge in [-0.15, -0.1) is 0 Å². The van der Waals surface area contributed by atoms with E-state index in [1.165, 1.54) is 24.7 Å². The van der Waals surface area contributed by atoms with Crippen molar-refractivity contribution in [3.63, 3.8) is 0 Å². The van der Waals surface area contributed by atoms with Gasteiger partial charge < -0.3 is 42.6 Å². The van der Waals surface area contributed by atoms with Gasteiger partial charge in [-0.3, -0.25) is 14.4 Å². The maximum atomic E-state index is 13.4. The highest BCUT2D eigenvalue weighted by atomic mass is 16.4. The normalized spacial score (nSPS) is 14.8. The van der Waals surface area contributed by atoms with Crippen molar-refractivity contribution in [1.82, 2.24) is 25.9 Å². The van der Waals surface area contributed by atoms with Crippen LogP contribution in [0.3, 0.4) is 0 Å². The molecule has 220 valence electrons. The number of amides is 3. The summed E-state index contributed by atoms with van der Waals surface area (Å²) < 4.78 is 0. The number of aromatic hydroxyl groups is 1. The van der Waals surface area contributed by atoms with Gasteiger partial charge in [-0.1, -0.05) is 32.4 Å². The van der Waals surface area contributed by atoms with Crippen molar-refractivity contribution in [2.45, 2.75) is 76.5 Å². The maximum absolute atomic E-state index is 13.4. The summed E-state index contributed by atoms with van der Waals surface area (Å²) in [5, 5.41) is 27.0. The van der Waals surface area contributed by atoms with Gasteiger partial charge in [-0.25, -0.2) is 9.78 Å². The number of unbranched alkanes of at least 4 members (excludes halogenated alkanes) is 1. The molecule has 0 spiro atoms. The van der Waals surface area contributed by atoms with E-state index in [0.717, 1.165) is 5.56 Å². The highest BCUT2D eigenvalue weighted by molar-refractivity contribution is 5.94. The van der Waals surface area contributed by atoms with Gasteiger partial charge in [0.15, 0.2) is 0 Å². The first-order chi connectivity index (χ1) is 19.0. The first-order valence-corrected chi connectivity index (χ1v) is 13.4. The Labute approximate surface area is 233 Å². The summed E-state index contributed by atoms with van der Waals surface area (Å²) in [7, 11) is 0. The van der Waals surface area contributed by atoms with E-state index in [-0.39, 0.29) is 30.9 Å². The Bertz CT molecular complexity index is 1090. The van der Waals surface area contributed by atoms with Crippen LogP contribution in [0.4, 0.5) is 0 Å². The van der Waals surface area contributed by atoms with Gasteiger partial charge in [-0.05, 0) is 55.8 Å². The molecule has 0 aliphatic heterocycles. The lowest BCUT2D eigenvalue weighted by Crippen LogP contribution is -2.58. The van der Waals surface area contributed by atoms with Crippen LogP contribution in [0.25, 0.3) is 0 Å². The third kappa shape index (κ3) is 10.3. The second kappa shape index (κ2) is 16.2. The van der Waals surface area contributed by atoms with Gasteiger partial charge in [0, 0.05) is 18.3 Å². The van der Waals surface area contributed by atoms with E-state index in [0.29, 0.717) is 31.5 Å². The molecule has 0 saturated heterocycles. The zero-order chi connectivity index (χ0) is 29.7. The number of carboxylic acid groups (broad SMARTS) is 1. The first-order valence-electron chi connectivity index (χ1n) is 13.4. The lowest BCUT2D eigenvalue weighted by Gasteiger charge is -2.26. The predicted octanol–water partition coefficient (Wildman–Crippen LogP) is -0.0581. The molecular weight excluding hydrogens is 518 g/mol. The number of carboxylic acids is 1. The fourth-order valence-corrected chi connectivity index (χ4v) is 4.05. The predicted molar refractivity (Wildman–Crippen MR) is 148 cm³/mol. The number of hydrogen-bond donors (Lipinski definition) is 8. The van der Waals surface area contributed by atoms with Crippen molar-refractivity contribution in [3.8, 4) is 5.75 Å². The molecule has 40 heavy (non-hydrogen) atoms. The number of phenols is 1. The Kier molecular flexibility index (Phi) is 13.1. The molecule has 1 heterocycles. The number of aliphatic carboxylic acids is 1. The van der Waals surface area contributed by atoms with Gasteiger partial charge in [0.1, 0.15) is 23.9 Å². The van der Waals surface area contributed by atoms with Crippen LogP contribution in [-0.4, -0.2) is 74.6 Å². The van der Waals surface area contributed by atoms with Gasteiger partial charge in [0.25, 0.3) is 0 Å². The van der Waals surface area contributed by atoms with E-state index in [9.17, 15) is 29.4 Å². The molecule has 1 aromatic heterocycles. The second-order valence-electron chi connectivity index (χ2n) is 9.87. The van der Waals surface area contributed by atoms with Crippen molar-refractivity contribution in [2.24, 2.45) is 17.4 Å². The Morgan fingerprint density at radius 3 is 2.20 bits per heavy atom. The number of rotatable bonds is 17. The molecule has 5 unspecified atom stereocenters. The van der Waals surface area contributed by atoms with Crippen LogP contribution in [-0.2, 0) is 32.0 Å². The minimum Gasteiger partial charge on any atom is -0.508 e. The molecule has 5 atom stereocenters. The second-order valence-corrected chi connectivity index (χ2v) is 9.87. The Morgan fingerprint density at radius 1 is 0.975 bits per heavy atom. The third-order valence-corrected chi connectivity index (χ3v) is 6.70. The molecule has 3 amide bonds. The highest BCUT2D eigenvalue weighted by Crippen LogP contribution is 2.12. The molecule has 10 N–H and O–H groups in total. The summed E-state index contributed by atoms with van der Waals surface area (Å²) in [4.78, 5) is 58.1. The summed E-state index contributed by atoms with van der Waals surface area (Å²) in [5.41, 5.74) is 13.0. The number of imidazole rings is 1. The largest absolute Gasteiger partial charge is 0.508 e. The molecule has 0 bridgehead atoms. The first kappa shape index (κ1) is 32.2. The molecular formula is C27H41N7O6. The third-order valence-electron chi connectivity index (χ3n) is 6.70. The van der Waals surface area contributed by atoms with Crippen LogP contribution in [0.15, 0.2) is 36.8 Å². The zero-order valence-electron chi connectivity index (χ0n) is 22.9. The van der Waals surface area contributed by atoms with Gasteiger partial charge in [0.05, 0.1) is 12.4 Å². The number of aromatic amines is 1. The number of nitrogens with zero attached hydrogens (tertiary/aromatic N) is 1. The number of phenolic OH excluding ortho intramolecular Hbond substituents is 1. The number of carbonyl (C=O) groups is 4. The van der Waals surface area contributed by atoms with Crippen LogP contribution in [0.5, 0.6) is 5.75 Å². The number of benzene rings is 1. The number of aromatic nitrogens is 2. The molecule has 0 radical (unpaired) electrons. The van der Waals surface area contributed by atoms with Crippen molar-refractivity contribution < 1.29 is 29.4 Å². The Morgan fingerprint density at radius 2 is 1.62 bits per heavy atom. The summed E-state index contributed by atoms with van der Waals surface area (Å²) >= 11 is 0. The van der Waals surface area contributed by atoms with Crippen LogP contribution < -0.4 is 27.4 Å². The zero-order valence-corrected chi connectivity index (χ0v) is 22.9. The standard InChI is InChI=1S/C27H41N7O6/c1-3-16(2)23(27(39)40)34-26(38)22(13-18-14-30-15-31-18)33-25(37)21(6-4-5-11-28)32-24(36)20(29)12-17-7-9-19(35)10-8-17/h7-10,14-16,20-23,35H,3-6,11-13,28-29H2,1-2H3,(H,30,31)(H,32,36)(H,33,37)(H,34,38)(H,39,40). The van der Waals surface area contributed by atoms with Crippen LogP contribution in [0, 0.1) is 5.92 Å². The summed E-state index contributed by atoms with van der Waals surface area (Å²) in [6.07, 6.45) is 5.06. The quantitative estimate of drug-likeness (QED) is 0.121. The molecule has 2 aromatic rings. The minimum atomic E-state index is -1.18. The number of carbonyl (C=O) groups excluding carboxylic acids is 3. The van der Waals surface area contributed by atoms with Gasteiger partial charge in [-0.2, -0.15) is 0 Å². The van der Waals surface area contributed by atoms with E-state index < -0.39 is 47.9 Å². The monoisotopic (exact) mass is 559 g/mol. The number of hydrogen-bond acceptors (Lipinski definition) is 8. The van der Waals surface area contributed by atoms with Crippen LogP contribution in [0.1, 0.15) is 50.8 Å². The molecule has 2 rings (SSSR count). The fourth-order valence-electron chi connectivity index (χ4n) is 4.05. The Hall–Kier alpha value is -3.97. The topological polar surface area (TPSA) is 226 Å². The lowest BCUT2D eigenvalue weighted by molar-refractivity contribution is -0.143. The molecule has 1 aromatic carbocycles. The van der Waals surface area contributed by atoms with Crippen LogP contribution >= 0.6 is 0 Å². The van der Waals surface area contributed by atoms with Crippen molar-refractivity contribution in [1.29, 1.82) is 0 Å². The van der Waals surface area contributed by atoms with Gasteiger partial charge in [0.2, 0.25) is 17.7 Å². The summed E-state index contributed by atoms with van der Waals surface area (Å²) in [6, 6.07) is 2.02. The van der Waals surface area contributed by atoms with Crippen molar-refractivity contribution in [2.75, 3.05) is 6.54 Å². The van der Waals surface area contributed by atoms with Gasteiger partial charge >= 0.3 is 5.97 Å². The molecule has 0 fully saturated rings. The van der Waals surface area contributed by atoms with Crippen molar-refractivity contribution in [3.05, 3.63) is 48.0 Å². The van der Waals surface area contributed by atoms with Crippen LogP contribution in [0.2, 0.25) is 0 Å². The molecule has 13 heteroatoms. The van der Waals surface area contributed by atoms with E-state index in [2.05, 4.69) is 25.9 Å². The van der Waals surface area contributed by atoms with E-state index in [4.69, 9.17) is 11.5 Å². The highest BCUT2D eigenvalue weighted by Gasteiger charge is 2.32. The summed E-state index contributed by atoms with van der Waals surface area (Å²) in [5.74, 6) is -3.28. The SMILES string of the molecule is CCC(C)C(NC(=O)C(Cc1cnc[nH]1)NC(=O)C(CCCCN)NC(=O)C(N)Cc1ccc(O)cc1)C(=O)O. The number of nitrogens with two attached hydrogens (primary N) is 2. The average molecular weight is 560 g/mol. The Balaban J connectivity index is 2.18. The van der Waals surface area contributed by atoms with E-state index >= 15 is 0 Å². The molecule has 0 aliphatic rings. The number of H-pyrrole nitrogens is 1. The average Bonchev–Trinajstić information content (AvgIpc) is 3.44. The van der Waals surface area contributed by atoms with E-state index in [1.54, 1.807) is 19.1 Å². The maximum Gasteiger partial charge on any atom is 0.326 e.